The first-order chi connectivity index (χ1) is 19.3. The Kier molecular flexibility index (Phi) is 9.09. The Balaban J connectivity index is 1.60. The van der Waals surface area contributed by atoms with E-state index in [0.29, 0.717) is 42.5 Å². The van der Waals surface area contributed by atoms with Crippen molar-refractivity contribution in [3.05, 3.63) is 48.5 Å². The number of carbonyl (C=O) groups excluding carboxylic acids is 1. The normalized spacial score (nSPS) is 16.7. The third kappa shape index (κ3) is 7.68. The topological polar surface area (TPSA) is 147 Å². The van der Waals surface area contributed by atoms with Crippen molar-refractivity contribution in [2.45, 2.75) is 36.6 Å². The van der Waals surface area contributed by atoms with Crippen molar-refractivity contribution in [3.8, 4) is 22.8 Å². The summed E-state index contributed by atoms with van der Waals surface area (Å²) in [5.74, 6) is 0.795. The van der Waals surface area contributed by atoms with Crippen molar-refractivity contribution >= 4 is 27.5 Å². The number of aliphatic hydroxyl groups excluding tert-OH is 1. The fraction of sp³-hybridized carbons (Fsp3) is 0.385. The molecule has 2 aromatic carbocycles. The summed E-state index contributed by atoms with van der Waals surface area (Å²) in [5.41, 5.74) is 1.22. The maximum atomic E-state index is 12.5. The van der Waals surface area contributed by atoms with Gasteiger partial charge in [-0.2, -0.15) is 23.1 Å². The predicted molar refractivity (Wildman–Crippen MR) is 145 cm³/mol. The number of rotatable bonds is 8. The summed E-state index contributed by atoms with van der Waals surface area (Å²) in [4.78, 5) is 28.0. The summed E-state index contributed by atoms with van der Waals surface area (Å²) in [7, 11) is -3.59. The molecule has 0 bridgehead atoms. The van der Waals surface area contributed by atoms with Gasteiger partial charge in [-0.15, -0.1) is 0 Å². The van der Waals surface area contributed by atoms with Crippen LogP contribution in [0, 0.1) is 0 Å². The highest BCUT2D eigenvalue weighted by Gasteiger charge is 2.37. The average molecular weight is 595 g/mol. The first-order valence-electron chi connectivity index (χ1n) is 12.6. The Morgan fingerprint density at radius 3 is 2.46 bits per heavy atom. The molecule has 1 aromatic heterocycles. The lowest BCUT2D eigenvalue weighted by molar-refractivity contribution is -0.204. The summed E-state index contributed by atoms with van der Waals surface area (Å²) < 4.78 is 67.7. The quantitative estimate of drug-likeness (QED) is 0.358. The Morgan fingerprint density at radius 1 is 1.12 bits per heavy atom. The van der Waals surface area contributed by atoms with Crippen LogP contribution in [0.2, 0.25) is 0 Å². The SMILES string of the molecule is C[C@H]1COCCN1c1nc(-c2ccc(NC(=O)NCCC(O)C(F)(F)F)cc2)nc(-c2ccccc2S(C)(=O)=O)n1. The van der Waals surface area contributed by atoms with Crippen LogP contribution in [-0.4, -0.2) is 85.4 Å². The Morgan fingerprint density at radius 2 is 1.80 bits per heavy atom. The highest BCUT2D eigenvalue weighted by Crippen LogP contribution is 2.29. The van der Waals surface area contributed by atoms with Gasteiger partial charge in [-0.1, -0.05) is 12.1 Å². The van der Waals surface area contributed by atoms with E-state index in [4.69, 9.17) is 9.84 Å². The second-order valence-corrected chi connectivity index (χ2v) is 11.5. The van der Waals surface area contributed by atoms with Gasteiger partial charge in [-0.3, -0.25) is 0 Å². The van der Waals surface area contributed by atoms with Gasteiger partial charge in [-0.05, 0) is 49.7 Å². The highest BCUT2D eigenvalue weighted by molar-refractivity contribution is 7.90. The highest BCUT2D eigenvalue weighted by atomic mass is 32.2. The molecule has 0 aliphatic carbocycles. The van der Waals surface area contributed by atoms with Crippen LogP contribution < -0.4 is 15.5 Å². The molecule has 2 amide bonds. The zero-order chi connectivity index (χ0) is 29.8. The van der Waals surface area contributed by atoms with Crippen LogP contribution in [0.15, 0.2) is 53.4 Å². The number of sulfone groups is 1. The number of hydrogen-bond acceptors (Lipinski definition) is 9. The van der Waals surface area contributed by atoms with Crippen molar-refractivity contribution in [1.82, 2.24) is 20.3 Å². The van der Waals surface area contributed by atoms with E-state index in [2.05, 4.69) is 25.6 Å². The number of ether oxygens (including phenoxy) is 1. The fourth-order valence-corrected chi connectivity index (χ4v) is 4.99. The van der Waals surface area contributed by atoms with Gasteiger partial charge in [0.05, 0.1) is 24.2 Å². The molecule has 2 heterocycles. The van der Waals surface area contributed by atoms with Gasteiger partial charge < -0.3 is 25.4 Å². The average Bonchev–Trinajstić information content (AvgIpc) is 2.92. The molecule has 0 spiro atoms. The molecular formula is C26H29F3N6O5S. The smallest absolute Gasteiger partial charge is 0.384 e. The maximum Gasteiger partial charge on any atom is 0.414 e. The van der Waals surface area contributed by atoms with Gasteiger partial charge in [0.15, 0.2) is 27.6 Å². The van der Waals surface area contributed by atoms with E-state index < -0.39 is 34.6 Å². The number of hydrogen-bond donors (Lipinski definition) is 3. The van der Waals surface area contributed by atoms with Crippen LogP contribution in [0.1, 0.15) is 13.3 Å². The van der Waals surface area contributed by atoms with Gasteiger partial charge in [0.1, 0.15) is 0 Å². The Labute approximate surface area is 234 Å². The first-order valence-corrected chi connectivity index (χ1v) is 14.5. The number of aliphatic hydroxyl groups is 1. The van der Waals surface area contributed by atoms with Crippen LogP contribution in [0.25, 0.3) is 22.8 Å². The minimum Gasteiger partial charge on any atom is -0.384 e. The molecule has 11 nitrogen and oxygen atoms in total. The van der Waals surface area contributed by atoms with Gasteiger partial charge >= 0.3 is 12.2 Å². The lowest BCUT2D eigenvalue weighted by Gasteiger charge is -2.33. The third-order valence-corrected chi connectivity index (χ3v) is 7.41. The number of nitrogens with one attached hydrogen (secondary N) is 2. The monoisotopic (exact) mass is 594 g/mol. The molecule has 41 heavy (non-hydrogen) atoms. The van der Waals surface area contributed by atoms with Crippen molar-refractivity contribution in [2.75, 3.05) is 42.8 Å². The minimum atomic E-state index is -4.75. The van der Waals surface area contributed by atoms with Crippen molar-refractivity contribution in [1.29, 1.82) is 0 Å². The van der Waals surface area contributed by atoms with E-state index in [0.717, 1.165) is 6.26 Å². The van der Waals surface area contributed by atoms with Crippen LogP contribution in [0.3, 0.4) is 0 Å². The summed E-state index contributed by atoms with van der Waals surface area (Å²) >= 11 is 0. The number of benzene rings is 2. The number of alkyl halides is 3. The Hall–Kier alpha value is -3.82. The number of urea groups is 1. The standard InChI is InChI=1S/C26H29F3N6O5S/c1-16-15-40-14-13-35(16)24-33-22(32-23(34-24)19-5-3-4-6-20(19)41(2,38)39)17-7-9-18(10-8-17)31-25(37)30-12-11-21(36)26(27,28)29/h3-10,16,21,36H,11-15H2,1-2H3,(H2,30,31,37)/t16-,21?/m0/s1. The summed E-state index contributed by atoms with van der Waals surface area (Å²) in [6, 6.07) is 12.0. The minimum absolute atomic E-state index is 0.0423. The van der Waals surface area contributed by atoms with Gasteiger partial charge in [0, 0.05) is 36.2 Å². The second kappa shape index (κ2) is 12.4. The number of amides is 2. The number of aromatic nitrogens is 3. The van der Waals surface area contributed by atoms with Crippen LogP contribution in [0.4, 0.5) is 29.6 Å². The fourth-order valence-electron chi connectivity index (χ4n) is 4.11. The molecule has 3 aromatic rings. The second-order valence-electron chi connectivity index (χ2n) is 9.47. The van der Waals surface area contributed by atoms with Crippen molar-refractivity contribution in [2.24, 2.45) is 0 Å². The molecule has 1 saturated heterocycles. The van der Waals surface area contributed by atoms with E-state index >= 15 is 0 Å². The van der Waals surface area contributed by atoms with Crippen molar-refractivity contribution in [3.63, 3.8) is 0 Å². The maximum absolute atomic E-state index is 12.5. The lowest BCUT2D eigenvalue weighted by atomic mass is 10.1. The van der Waals surface area contributed by atoms with E-state index in [9.17, 15) is 26.4 Å². The van der Waals surface area contributed by atoms with E-state index in [1.54, 1.807) is 42.5 Å². The zero-order valence-corrected chi connectivity index (χ0v) is 23.0. The molecule has 4 rings (SSSR count). The number of halogens is 3. The van der Waals surface area contributed by atoms with Crippen LogP contribution >= 0.6 is 0 Å². The molecule has 0 radical (unpaired) electrons. The summed E-state index contributed by atoms with van der Waals surface area (Å²) in [5, 5.41) is 13.8. The molecule has 220 valence electrons. The van der Waals surface area contributed by atoms with Crippen LogP contribution in [0.5, 0.6) is 0 Å². The molecule has 0 saturated carbocycles. The van der Waals surface area contributed by atoms with E-state index in [-0.39, 0.29) is 29.1 Å². The molecule has 3 N–H and O–H groups in total. The van der Waals surface area contributed by atoms with Crippen LogP contribution in [-0.2, 0) is 14.6 Å². The van der Waals surface area contributed by atoms with Gasteiger partial charge in [0.25, 0.3) is 0 Å². The largest absolute Gasteiger partial charge is 0.414 e. The lowest BCUT2D eigenvalue weighted by Crippen LogP contribution is -2.44. The summed E-state index contributed by atoms with van der Waals surface area (Å²) in [6.45, 7) is 3.04. The predicted octanol–water partition coefficient (Wildman–Crippen LogP) is 3.27. The first kappa shape index (κ1) is 30.1. The zero-order valence-electron chi connectivity index (χ0n) is 22.2. The number of nitrogens with zero attached hydrogens (tertiary/aromatic N) is 4. The molecule has 1 aliphatic rings. The van der Waals surface area contributed by atoms with Crippen molar-refractivity contribution < 1.29 is 36.2 Å². The molecule has 1 fully saturated rings. The molecule has 1 aliphatic heterocycles. The number of anilines is 2. The molecule has 15 heteroatoms. The van der Waals surface area contributed by atoms with Gasteiger partial charge in [-0.25, -0.2) is 18.2 Å². The molecular weight excluding hydrogens is 565 g/mol. The van der Waals surface area contributed by atoms with E-state index in [1.807, 2.05) is 11.8 Å². The third-order valence-electron chi connectivity index (χ3n) is 6.26. The summed E-state index contributed by atoms with van der Waals surface area (Å²) in [6.07, 6.45) is -6.85. The van der Waals surface area contributed by atoms with E-state index in [1.165, 1.54) is 6.07 Å². The molecule has 2 atom stereocenters. The number of carbonyl (C=O) groups is 1. The Bertz CT molecular complexity index is 1490. The molecule has 1 unspecified atom stereocenters. The number of morpholine rings is 1. The van der Waals surface area contributed by atoms with Gasteiger partial charge in [0.2, 0.25) is 5.95 Å².